The molecule has 11 heavy (non-hydrogen) atoms. The first-order valence-electron chi connectivity index (χ1n) is 2.93. The van der Waals surface area contributed by atoms with E-state index in [1.54, 1.807) is 0 Å². The van der Waals surface area contributed by atoms with E-state index < -0.39 is 24.0 Å². The Balaban J connectivity index is 3.24. The van der Waals surface area contributed by atoms with E-state index in [9.17, 15) is 8.78 Å². The summed E-state index contributed by atoms with van der Waals surface area (Å²) in [6.07, 6.45) is 0. The van der Waals surface area contributed by atoms with Gasteiger partial charge in [0.25, 0.3) is 0 Å². The number of phenols is 1. The number of halogens is 2. The summed E-state index contributed by atoms with van der Waals surface area (Å²) in [5.74, 6) is -2.58. The van der Waals surface area contributed by atoms with Crippen LogP contribution < -0.4 is 0 Å². The molecule has 0 saturated heterocycles. The highest BCUT2D eigenvalue weighted by molar-refractivity contribution is 5.33. The zero-order valence-corrected chi connectivity index (χ0v) is 5.51. The average Bonchev–Trinajstić information content (AvgIpc) is 1.96. The minimum atomic E-state index is -1.06. The molecule has 60 valence electrons. The smallest absolute Gasteiger partial charge is 0.168 e. The fourth-order valence-corrected chi connectivity index (χ4v) is 0.740. The minimum Gasteiger partial charge on any atom is -0.505 e. The first-order valence-corrected chi connectivity index (χ1v) is 2.93. The van der Waals surface area contributed by atoms with Crippen LogP contribution in [0.2, 0.25) is 0 Å². The van der Waals surface area contributed by atoms with Crippen molar-refractivity contribution < 1.29 is 19.0 Å². The molecule has 2 N–H and O–H groups in total. The molecule has 0 amide bonds. The number of rotatable bonds is 1. The van der Waals surface area contributed by atoms with Gasteiger partial charge in [-0.25, -0.2) is 8.78 Å². The van der Waals surface area contributed by atoms with Crippen molar-refractivity contribution in [3.05, 3.63) is 29.3 Å². The van der Waals surface area contributed by atoms with Crippen molar-refractivity contribution in [2.45, 2.75) is 6.61 Å². The van der Waals surface area contributed by atoms with Crippen LogP contribution in [0.3, 0.4) is 0 Å². The Morgan fingerprint density at radius 3 is 2.45 bits per heavy atom. The van der Waals surface area contributed by atoms with E-state index in [-0.39, 0.29) is 5.56 Å². The SMILES string of the molecule is OCc1cc(F)cc(F)c1O. The summed E-state index contributed by atoms with van der Waals surface area (Å²) in [5.41, 5.74) is -0.150. The quantitative estimate of drug-likeness (QED) is 0.647. The van der Waals surface area contributed by atoms with E-state index in [1.807, 2.05) is 0 Å². The summed E-state index contributed by atoms with van der Waals surface area (Å²) in [7, 11) is 0. The highest BCUT2D eigenvalue weighted by atomic mass is 19.1. The Hall–Kier alpha value is -1.16. The second-order valence-electron chi connectivity index (χ2n) is 2.05. The van der Waals surface area contributed by atoms with E-state index in [0.717, 1.165) is 6.07 Å². The molecule has 0 aliphatic carbocycles. The zero-order chi connectivity index (χ0) is 8.43. The molecule has 0 fully saturated rings. The number of aliphatic hydroxyl groups is 1. The molecule has 0 aliphatic heterocycles. The van der Waals surface area contributed by atoms with Crippen molar-refractivity contribution in [2.75, 3.05) is 0 Å². The highest BCUT2D eigenvalue weighted by Gasteiger charge is 2.08. The molecule has 2 nitrogen and oxygen atoms in total. The number of hydrogen-bond acceptors (Lipinski definition) is 2. The lowest BCUT2D eigenvalue weighted by atomic mass is 10.2. The highest BCUT2D eigenvalue weighted by Crippen LogP contribution is 2.22. The van der Waals surface area contributed by atoms with Gasteiger partial charge in [0, 0.05) is 11.6 Å². The predicted octanol–water partition coefficient (Wildman–Crippen LogP) is 1.16. The maximum Gasteiger partial charge on any atom is 0.168 e. The van der Waals surface area contributed by atoms with Crippen LogP contribution in [-0.2, 0) is 6.61 Å². The lowest BCUT2D eigenvalue weighted by molar-refractivity contribution is 0.272. The van der Waals surface area contributed by atoms with Gasteiger partial charge in [-0.05, 0) is 6.07 Å². The summed E-state index contributed by atoms with van der Waals surface area (Å²) >= 11 is 0. The van der Waals surface area contributed by atoms with Gasteiger partial charge < -0.3 is 10.2 Å². The van der Waals surface area contributed by atoms with Gasteiger partial charge in [0.05, 0.1) is 6.61 Å². The maximum absolute atomic E-state index is 12.4. The minimum absolute atomic E-state index is 0.150. The van der Waals surface area contributed by atoms with Gasteiger partial charge in [-0.1, -0.05) is 0 Å². The van der Waals surface area contributed by atoms with Crippen molar-refractivity contribution in [1.29, 1.82) is 0 Å². The summed E-state index contributed by atoms with van der Waals surface area (Å²) in [6.45, 7) is -0.583. The molecular formula is C7H6F2O2. The van der Waals surface area contributed by atoms with E-state index in [0.29, 0.717) is 6.07 Å². The molecule has 0 unspecified atom stereocenters. The zero-order valence-electron chi connectivity index (χ0n) is 5.51. The van der Waals surface area contributed by atoms with Crippen LogP contribution in [0.5, 0.6) is 5.75 Å². The lowest BCUT2D eigenvalue weighted by Crippen LogP contribution is -1.89. The first kappa shape index (κ1) is 7.94. The molecular weight excluding hydrogens is 154 g/mol. The Bertz CT molecular complexity index is 273. The van der Waals surface area contributed by atoms with E-state index >= 15 is 0 Å². The molecule has 0 atom stereocenters. The van der Waals surface area contributed by atoms with Gasteiger partial charge in [0.1, 0.15) is 5.82 Å². The van der Waals surface area contributed by atoms with E-state index in [1.165, 1.54) is 0 Å². The fourth-order valence-electron chi connectivity index (χ4n) is 0.740. The molecule has 0 radical (unpaired) electrons. The van der Waals surface area contributed by atoms with Gasteiger partial charge in [-0.15, -0.1) is 0 Å². The monoisotopic (exact) mass is 160 g/mol. The molecule has 0 aromatic heterocycles. The van der Waals surface area contributed by atoms with Crippen LogP contribution in [0, 0.1) is 11.6 Å². The molecule has 0 saturated carbocycles. The van der Waals surface area contributed by atoms with Crippen LogP contribution >= 0.6 is 0 Å². The molecule has 4 heteroatoms. The second-order valence-corrected chi connectivity index (χ2v) is 2.05. The number of hydrogen-bond donors (Lipinski definition) is 2. The number of benzene rings is 1. The van der Waals surface area contributed by atoms with Gasteiger partial charge in [-0.3, -0.25) is 0 Å². The summed E-state index contributed by atoms with van der Waals surface area (Å²) in [6, 6.07) is 1.42. The Morgan fingerprint density at radius 1 is 1.27 bits per heavy atom. The van der Waals surface area contributed by atoms with Gasteiger partial charge in [0.15, 0.2) is 11.6 Å². The van der Waals surface area contributed by atoms with Crippen molar-refractivity contribution in [3.63, 3.8) is 0 Å². The van der Waals surface area contributed by atoms with Crippen LogP contribution in [0.25, 0.3) is 0 Å². The molecule has 1 aromatic rings. The van der Waals surface area contributed by atoms with E-state index in [2.05, 4.69) is 0 Å². The number of aliphatic hydroxyl groups excluding tert-OH is 1. The topological polar surface area (TPSA) is 40.5 Å². The molecule has 0 heterocycles. The lowest BCUT2D eigenvalue weighted by Gasteiger charge is -2.01. The van der Waals surface area contributed by atoms with Crippen LogP contribution in [0.4, 0.5) is 8.78 Å². The van der Waals surface area contributed by atoms with Crippen molar-refractivity contribution in [3.8, 4) is 5.75 Å². The summed E-state index contributed by atoms with van der Waals surface area (Å²) < 4.78 is 24.8. The third-order valence-electron chi connectivity index (χ3n) is 1.28. The predicted molar refractivity (Wildman–Crippen MR) is 33.9 cm³/mol. The van der Waals surface area contributed by atoms with Crippen molar-refractivity contribution in [2.24, 2.45) is 0 Å². The molecule has 0 spiro atoms. The van der Waals surface area contributed by atoms with Crippen LogP contribution in [0.15, 0.2) is 12.1 Å². The van der Waals surface area contributed by atoms with Gasteiger partial charge >= 0.3 is 0 Å². The van der Waals surface area contributed by atoms with Crippen LogP contribution in [-0.4, -0.2) is 10.2 Å². The molecule has 0 aliphatic rings. The van der Waals surface area contributed by atoms with Gasteiger partial charge in [-0.2, -0.15) is 0 Å². The largest absolute Gasteiger partial charge is 0.505 e. The van der Waals surface area contributed by atoms with E-state index in [4.69, 9.17) is 10.2 Å². The fraction of sp³-hybridized carbons (Fsp3) is 0.143. The summed E-state index contributed by atoms with van der Waals surface area (Å²) in [5, 5.41) is 17.3. The number of aromatic hydroxyl groups is 1. The Kier molecular flexibility index (Phi) is 2.05. The van der Waals surface area contributed by atoms with Crippen molar-refractivity contribution >= 4 is 0 Å². The molecule has 1 rings (SSSR count). The standard InChI is InChI=1S/C7H6F2O2/c8-5-1-4(3-10)7(11)6(9)2-5/h1-2,10-11H,3H2. The third kappa shape index (κ3) is 1.46. The molecule has 1 aromatic carbocycles. The second kappa shape index (κ2) is 2.84. The Labute approximate surface area is 61.7 Å². The van der Waals surface area contributed by atoms with Crippen molar-refractivity contribution in [1.82, 2.24) is 0 Å². The Morgan fingerprint density at radius 2 is 1.91 bits per heavy atom. The maximum atomic E-state index is 12.4. The van der Waals surface area contributed by atoms with Gasteiger partial charge in [0.2, 0.25) is 0 Å². The first-order chi connectivity index (χ1) is 5.15. The third-order valence-corrected chi connectivity index (χ3v) is 1.28. The average molecular weight is 160 g/mol. The van der Waals surface area contributed by atoms with Crippen LogP contribution in [0.1, 0.15) is 5.56 Å². The summed E-state index contributed by atoms with van der Waals surface area (Å²) in [4.78, 5) is 0. The normalized spacial score (nSPS) is 10.1. The molecule has 0 bridgehead atoms.